The molecule has 0 aromatic heterocycles. The second kappa shape index (κ2) is 5.80. The number of rotatable bonds is 3. The van der Waals surface area contributed by atoms with Crippen LogP contribution in [0.2, 0.25) is 0 Å². The number of hydrogen-bond acceptors (Lipinski definition) is 2. The van der Waals surface area contributed by atoms with Gasteiger partial charge < -0.3 is 0 Å². The van der Waals surface area contributed by atoms with E-state index in [0.717, 1.165) is 5.56 Å². The van der Waals surface area contributed by atoms with Crippen molar-refractivity contribution in [1.29, 1.82) is 10.5 Å². The van der Waals surface area contributed by atoms with E-state index in [1.807, 2.05) is 6.07 Å². The van der Waals surface area contributed by atoms with Crippen LogP contribution in [0, 0.1) is 28.5 Å². The molecular formula is C16H11FN2. The molecule has 2 aromatic carbocycles. The van der Waals surface area contributed by atoms with Crippen molar-refractivity contribution in [3.63, 3.8) is 0 Å². The number of benzene rings is 2. The Morgan fingerprint density at radius 1 is 1.05 bits per heavy atom. The SMILES string of the molecule is N#Cc1cccc(CC(C#N)c2ccccc2F)c1. The Morgan fingerprint density at radius 3 is 2.53 bits per heavy atom. The third-order valence-corrected chi connectivity index (χ3v) is 2.93. The van der Waals surface area contributed by atoms with Crippen molar-refractivity contribution in [2.24, 2.45) is 0 Å². The highest BCUT2D eigenvalue weighted by molar-refractivity contribution is 5.35. The lowest BCUT2D eigenvalue weighted by atomic mass is 9.92. The lowest BCUT2D eigenvalue weighted by Gasteiger charge is -2.10. The summed E-state index contributed by atoms with van der Waals surface area (Å²) in [6.45, 7) is 0. The molecule has 2 rings (SSSR count). The van der Waals surface area contributed by atoms with Crippen LogP contribution in [0.1, 0.15) is 22.6 Å². The summed E-state index contributed by atoms with van der Waals surface area (Å²) in [5.41, 5.74) is 1.80. The van der Waals surface area contributed by atoms with Crippen LogP contribution >= 0.6 is 0 Å². The van der Waals surface area contributed by atoms with Crippen molar-refractivity contribution in [3.05, 3.63) is 71.0 Å². The lowest BCUT2D eigenvalue weighted by Crippen LogP contribution is -2.03. The van der Waals surface area contributed by atoms with Crippen LogP contribution < -0.4 is 0 Å². The Kier molecular flexibility index (Phi) is 3.90. The highest BCUT2D eigenvalue weighted by Gasteiger charge is 2.15. The van der Waals surface area contributed by atoms with Crippen molar-refractivity contribution in [2.75, 3.05) is 0 Å². The van der Waals surface area contributed by atoms with Crippen molar-refractivity contribution < 1.29 is 4.39 Å². The smallest absolute Gasteiger partial charge is 0.127 e. The Bertz CT molecular complexity index is 665. The molecule has 0 saturated carbocycles. The van der Waals surface area contributed by atoms with E-state index in [-0.39, 0.29) is 5.82 Å². The van der Waals surface area contributed by atoms with Crippen molar-refractivity contribution in [1.82, 2.24) is 0 Å². The van der Waals surface area contributed by atoms with E-state index in [2.05, 4.69) is 12.1 Å². The topological polar surface area (TPSA) is 47.6 Å². The van der Waals surface area contributed by atoms with Crippen LogP contribution in [0.5, 0.6) is 0 Å². The molecule has 3 heteroatoms. The van der Waals surface area contributed by atoms with Crippen LogP contribution in [-0.4, -0.2) is 0 Å². The molecule has 2 aromatic rings. The third-order valence-electron chi connectivity index (χ3n) is 2.93. The number of nitrogens with zero attached hydrogens (tertiary/aromatic N) is 2. The molecule has 0 fully saturated rings. The zero-order valence-electron chi connectivity index (χ0n) is 10.2. The summed E-state index contributed by atoms with van der Waals surface area (Å²) < 4.78 is 13.7. The Morgan fingerprint density at radius 2 is 1.84 bits per heavy atom. The van der Waals surface area contributed by atoms with Crippen molar-refractivity contribution in [3.8, 4) is 12.1 Å². The summed E-state index contributed by atoms with van der Waals surface area (Å²) >= 11 is 0. The van der Waals surface area contributed by atoms with E-state index in [1.165, 1.54) is 6.07 Å². The first-order valence-corrected chi connectivity index (χ1v) is 5.87. The molecule has 0 saturated heterocycles. The highest BCUT2D eigenvalue weighted by atomic mass is 19.1. The largest absolute Gasteiger partial charge is 0.207 e. The van der Waals surface area contributed by atoms with Gasteiger partial charge in [-0.15, -0.1) is 0 Å². The van der Waals surface area contributed by atoms with Gasteiger partial charge in [-0.05, 0) is 30.2 Å². The molecule has 0 aliphatic carbocycles. The second-order valence-corrected chi connectivity index (χ2v) is 4.22. The Labute approximate surface area is 111 Å². The summed E-state index contributed by atoms with van der Waals surface area (Å²) in [6.07, 6.45) is 0.396. The van der Waals surface area contributed by atoms with E-state index < -0.39 is 5.92 Å². The quantitative estimate of drug-likeness (QED) is 0.836. The van der Waals surface area contributed by atoms with Crippen LogP contribution in [0.4, 0.5) is 4.39 Å². The molecule has 0 bridgehead atoms. The molecule has 0 heterocycles. The third kappa shape index (κ3) is 2.97. The van der Waals surface area contributed by atoms with Gasteiger partial charge >= 0.3 is 0 Å². The van der Waals surface area contributed by atoms with Gasteiger partial charge in [0, 0.05) is 5.56 Å². The fourth-order valence-electron chi connectivity index (χ4n) is 1.99. The summed E-state index contributed by atoms with van der Waals surface area (Å²) in [7, 11) is 0. The molecule has 1 atom stereocenters. The Balaban J connectivity index is 2.28. The summed E-state index contributed by atoms with van der Waals surface area (Å²) in [6, 6.07) is 17.5. The maximum atomic E-state index is 13.7. The molecular weight excluding hydrogens is 239 g/mol. The minimum Gasteiger partial charge on any atom is -0.207 e. The van der Waals surface area contributed by atoms with Gasteiger partial charge in [-0.3, -0.25) is 0 Å². The van der Waals surface area contributed by atoms with Gasteiger partial charge in [-0.1, -0.05) is 30.3 Å². The van der Waals surface area contributed by atoms with Gasteiger partial charge in [0.2, 0.25) is 0 Å². The molecule has 0 N–H and O–H groups in total. The van der Waals surface area contributed by atoms with Crippen molar-refractivity contribution >= 4 is 0 Å². The maximum Gasteiger partial charge on any atom is 0.127 e. The molecule has 0 amide bonds. The normalized spacial score (nSPS) is 11.3. The average Bonchev–Trinajstić information content (AvgIpc) is 2.46. The first-order chi connectivity index (χ1) is 9.24. The van der Waals surface area contributed by atoms with Crippen LogP contribution in [0.25, 0.3) is 0 Å². The minimum atomic E-state index is -0.546. The number of hydrogen-bond donors (Lipinski definition) is 0. The molecule has 0 spiro atoms. The zero-order valence-corrected chi connectivity index (χ0v) is 10.2. The van der Waals surface area contributed by atoms with Gasteiger partial charge in [0.15, 0.2) is 0 Å². The molecule has 1 unspecified atom stereocenters. The van der Waals surface area contributed by atoms with E-state index in [9.17, 15) is 9.65 Å². The molecule has 0 aliphatic rings. The van der Waals surface area contributed by atoms with Crippen LogP contribution in [0.15, 0.2) is 48.5 Å². The molecule has 2 nitrogen and oxygen atoms in total. The van der Waals surface area contributed by atoms with E-state index in [0.29, 0.717) is 17.5 Å². The maximum absolute atomic E-state index is 13.7. The van der Waals surface area contributed by atoms with E-state index >= 15 is 0 Å². The molecule has 19 heavy (non-hydrogen) atoms. The van der Waals surface area contributed by atoms with Gasteiger partial charge in [-0.25, -0.2) is 4.39 Å². The van der Waals surface area contributed by atoms with Gasteiger partial charge in [0.05, 0.1) is 23.6 Å². The first-order valence-electron chi connectivity index (χ1n) is 5.87. The average molecular weight is 250 g/mol. The van der Waals surface area contributed by atoms with Gasteiger partial charge in [-0.2, -0.15) is 10.5 Å². The predicted molar refractivity (Wildman–Crippen MR) is 69.6 cm³/mol. The zero-order chi connectivity index (χ0) is 13.7. The first kappa shape index (κ1) is 12.8. The summed E-state index contributed by atoms with van der Waals surface area (Å²) in [5, 5.41) is 18.0. The lowest BCUT2D eigenvalue weighted by molar-refractivity contribution is 0.600. The second-order valence-electron chi connectivity index (χ2n) is 4.22. The Hall–Kier alpha value is -2.65. The number of nitriles is 2. The fraction of sp³-hybridized carbons (Fsp3) is 0.125. The van der Waals surface area contributed by atoms with Gasteiger partial charge in [0.25, 0.3) is 0 Å². The highest BCUT2D eigenvalue weighted by Crippen LogP contribution is 2.23. The predicted octanol–water partition coefficient (Wildman–Crippen LogP) is 3.55. The van der Waals surface area contributed by atoms with Crippen molar-refractivity contribution in [2.45, 2.75) is 12.3 Å². The summed E-state index contributed by atoms with van der Waals surface area (Å²) in [5.74, 6) is -0.916. The van der Waals surface area contributed by atoms with E-state index in [1.54, 1.807) is 36.4 Å². The van der Waals surface area contributed by atoms with Crippen LogP contribution in [0.3, 0.4) is 0 Å². The van der Waals surface area contributed by atoms with E-state index in [4.69, 9.17) is 5.26 Å². The standard InChI is InChI=1S/C16H11FN2/c17-16-7-2-1-6-15(16)14(11-19)9-12-4-3-5-13(8-12)10-18/h1-8,14H,9H2. The molecule has 0 radical (unpaired) electrons. The number of halogens is 1. The minimum absolute atomic E-state index is 0.370. The van der Waals surface area contributed by atoms with Crippen LogP contribution in [-0.2, 0) is 6.42 Å². The summed E-state index contributed by atoms with van der Waals surface area (Å²) in [4.78, 5) is 0. The fourth-order valence-corrected chi connectivity index (χ4v) is 1.99. The molecule has 92 valence electrons. The monoisotopic (exact) mass is 250 g/mol. The molecule has 0 aliphatic heterocycles. The van der Waals surface area contributed by atoms with Gasteiger partial charge in [0.1, 0.15) is 5.82 Å².